The van der Waals surface area contributed by atoms with Crippen molar-refractivity contribution in [2.75, 3.05) is 14.2 Å². The number of ether oxygens (including phenoxy) is 3. The minimum absolute atomic E-state index is 0.114. The summed E-state index contributed by atoms with van der Waals surface area (Å²) in [5.41, 5.74) is 0.484. The van der Waals surface area contributed by atoms with E-state index in [9.17, 15) is 14.7 Å². The summed E-state index contributed by atoms with van der Waals surface area (Å²) in [6.45, 7) is 0. The van der Waals surface area contributed by atoms with Crippen LogP contribution < -0.4 is 15.1 Å². The van der Waals surface area contributed by atoms with Crippen LogP contribution >= 0.6 is 0 Å². The first-order chi connectivity index (χ1) is 13.0. The lowest BCUT2D eigenvalue weighted by Crippen LogP contribution is -2.31. The van der Waals surface area contributed by atoms with Gasteiger partial charge in [-0.05, 0) is 29.8 Å². The first-order valence-electron chi connectivity index (χ1n) is 8.22. The molecule has 0 saturated heterocycles. The Morgan fingerprint density at radius 1 is 1.15 bits per heavy atom. The highest BCUT2D eigenvalue weighted by Gasteiger charge is 2.45. The summed E-state index contributed by atoms with van der Waals surface area (Å²) in [7, 11) is 2.68. The highest BCUT2D eigenvalue weighted by Crippen LogP contribution is 2.45. The van der Waals surface area contributed by atoms with E-state index >= 15 is 0 Å². The van der Waals surface area contributed by atoms with Gasteiger partial charge in [-0.15, -0.1) is 0 Å². The SMILES string of the molecule is COC(=O)[C@@H]1Oc2c(c(=O)oc3ccccc23)[C@@H]1c1ccc(OC)c(O)c1. The fourth-order valence-electron chi connectivity index (χ4n) is 3.42. The van der Waals surface area contributed by atoms with Crippen LogP contribution in [0.2, 0.25) is 0 Å². The van der Waals surface area contributed by atoms with E-state index < -0.39 is 23.6 Å². The number of phenols is 1. The lowest BCUT2D eigenvalue weighted by Gasteiger charge is -2.17. The number of rotatable bonds is 3. The second-order valence-electron chi connectivity index (χ2n) is 6.10. The Balaban J connectivity index is 1.97. The second-order valence-corrected chi connectivity index (χ2v) is 6.10. The molecule has 1 N–H and O–H groups in total. The molecule has 1 aliphatic rings. The average molecular weight is 368 g/mol. The molecule has 2 atom stereocenters. The first kappa shape index (κ1) is 17.0. The summed E-state index contributed by atoms with van der Waals surface area (Å²) in [4.78, 5) is 25.0. The molecule has 0 spiro atoms. The lowest BCUT2D eigenvalue weighted by atomic mass is 9.88. The molecule has 0 bridgehead atoms. The molecule has 0 amide bonds. The molecular formula is C20H16O7. The second kappa shape index (κ2) is 6.35. The van der Waals surface area contributed by atoms with E-state index in [0.29, 0.717) is 16.5 Å². The van der Waals surface area contributed by atoms with Crippen LogP contribution in [0.5, 0.6) is 17.2 Å². The van der Waals surface area contributed by atoms with Gasteiger partial charge in [0.2, 0.25) is 6.10 Å². The Morgan fingerprint density at radius 2 is 1.93 bits per heavy atom. The number of carbonyl (C=O) groups excluding carboxylic acids is 1. The van der Waals surface area contributed by atoms with Crippen molar-refractivity contribution >= 4 is 16.9 Å². The zero-order chi connectivity index (χ0) is 19.1. The smallest absolute Gasteiger partial charge is 0.348 e. The number of hydrogen-bond acceptors (Lipinski definition) is 7. The van der Waals surface area contributed by atoms with Gasteiger partial charge < -0.3 is 23.7 Å². The number of fused-ring (bicyclic) bond motifs is 3. The number of aromatic hydroxyl groups is 1. The highest BCUT2D eigenvalue weighted by atomic mass is 16.6. The van der Waals surface area contributed by atoms with Crippen molar-refractivity contribution in [2.45, 2.75) is 12.0 Å². The Labute approximate surface area is 153 Å². The average Bonchev–Trinajstić information content (AvgIpc) is 3.09. The summed E-state index contributed by atoms with van der Waals surface area (Å²) in [6.07, 6.45) is -1.08. The van der Waals surface area contributed by atoms with Gasteiger partial charge in [0, 0.05) is 0 Å². The number of phenolic OH excluding ortho intramolecular Hbond substituents is 1. The van der Waals surface area contributed by atoms with E-state index in [2.05, 4.69) is 0 Å². The van der Waals surface area contributed by atoms with Crippen LogP contribution in [0.25, 0.3) is 11.0 Å². The fraction of sp³-hybridized carbons (Fsp3) is 0.200. The number of para-hydroxylation sites is 1. The highest BCUT2D eigenvalue weighted by molar-refractivity contribution is 5.88. The molecule has 1 aliphatic heterocycles. The number of esters is 1. The maximum atomic E-state index is 12.7. The standard InChI is InChI=1S/C20H16O7/c1-24-14-8-7-10(9-12(14)21)15-16-17(27-18(15)20(23)25-2)11-5-3-4-6-13(11)26-19(16)22/h3-9,15,18,21H,1-2H3/t15-,18+/m0/s1. The largest absolute Gasteiger partial charge is 0.504 e. The van der Waals surface area contributed by atoms with Crippen LogP contribution in [0.1, 0.15) is 17.0 Å². The summed E-state index contributed by atoms with van der Waals surface area (Å²) in [6, 6.07) is 11.6. The third-order valence-electron chi connectivity index (χ3n) is 4.65. The molecule has 0 saturated carbocycles. The van der Waals surface area contributed by atoms with Crippen LogP contribution in [-0.4, -0.2) is 31.4 Å². The van der Waals surface area contributed by atoms with Crippen LogP contribution in [0, 0.1) is 0 Å². The quantitative estimate of drug-likeness (QED) is 0.561. The molecule has 138 valence electrons. The molecule has 0 radical (unpaired) electrons. The van der Waals surface area contributed by atoms with Crippen molar-refractivity contribution in [3.05, 3.63) is 64.0 Å². The van der Waals surface area contributed by atoms with Gasteiger partial charge in [-0.25, -0.2) is 9.59 Å². The van der Waals surface area contributed by atoms with E-state index in [1.807, 2.05) is 0 Å². The minimum Gasteiger partial charge on any atom is -0.504 e. The van der Waals surface area contributed by atoms with Crippen molar-refractivity contribution in [1.29, 1.82) is 0 Å². The van der Waals surface area contributed by atoms with Crippen molar-refractivity contribution < 1.29 is 28.5 Å². The van der Waals surface area contributed by atoms with E-state index in [1.54, 1.807) is 36.4 Å². The van der Waals surface area contributed by atoms with Crippen LogP contribution in [0.4, 0.5) is 0 Å². The van der Waals surface area contributed by atoms with Gasteiger partial charge in [0.05, 0.1) is 31.1 Å². The zero-order valence-electron chi connectivity index (χ0n) is 14.6. The van der Waals surface area contributed by atoms with Gasteiger partial charge in [0.15, 0.2) is 11.5 Å². The van der Waals surface area contributed by atoms with E-state index in [4.69, 9.17) is 18.6 Å². The summed E-state index contributed by atoms with van der Waals surface area (Å²) in [5, 5.41) is 10.7. The van der Waals surface area contributed by atoms with Crippen molar-refractivity contribution in [2.24, 2.45) is 0 Å². The number of benzene rings is 2. The van der Waals surface area contributed by atoms with Crippen molar-refractivity contribution in [1.82, 2.24) is 0 Å². The molecule has 27 heavy (non-hydrogen) atoms. The van der Waals surface area contributed by atoms with E-state index in [-0.39, 0.29) is 22.8 Å². The zero-order valence-corrected chi connectivity index (χ0v) is 14.6. The molecular weight excluding hydrogens is 352 g/mol. The van der Waals surface area contributed by atoms with Crippen molar-refractivity contribution in [3.8, 4) is 17.2 Å². The van der Waals surface area contributed by atoms with Crippen LogP contribution in [0.15, 0.2) is 51.7 Å². The molecule has 7 heteroatoms. The van der Waals surface area contributed by atoms with Crippen molar-refractivity contribution in [3.63, 3.8) is 0 Å². The Kier molecular flexibility index (Phi) is 3.99. The number of carbonyl (C=O) groups is 1. The maximum Gasteiger partial charge on any atom is 0.348 e. The predicted molar refractivity (Wildman–Crippen MR) is 95.4 cm³/mol. The summed E-state index contributed by atoms with van der Waals surface area (Å²) >= 11 is 0. The molecule has 0 unspecified atom stereocenters. The molecule has 2 aromatic carbocycles. The van der Waals surface area contributed by atoms with Crippen LogP contribution in [-0.2, 0) is 9.53 Å². The minimum atomic E-state index is -1.08. The predicted octanol–water partition coefficient (Wildman–Crippen LogP) is 2.57. The normalized spacial score (nSPS) is 18.0. The van der Waals surface area contributed by atoms with E-state index in [0.717, 1.165) is 0 Å². The van der Waals surface area contributed by atoms with Crippen LogP contribution in [0.3, 0.4) is 0 Å². The van der Waals surface area contributed by atoms with Gasteiger partial charge >= 0.3 is 11.6 Å². The number of hydrogen-bond donors (Lipinski definition) is 1. The van der Waals surface area contributed by atoms with Gasteiger partial charge in [0.1, 0.15) is 11.3 Å². The molecule has 4 rings (SSSR count). The molecule has 7 nitrogen and oxygen atoms in total. The third-order valence-corrected chi connectivity index (χ3v) is 4.65. The first-order valence-corrected chi connectivity index (χ1v) is 8.22. The summed E-state index contributed by atoms with van der Waals surface area (Å²) in [5.74, 6) is -0.965. The van der Waals surface area contributed by atoms with Gasteiger partial charge in [-0.2, -0.15) is 0 Å². The fourth-order valence-corrected chi connectivity index (χ4v) is 3.42. The Morgan fingerprint density at radius 3 is 2.63 bits per heavy atom. The molecule has 2 heterocycles. The molecule has 0 aliphatic carbocycles. The number of methoxy groups -OCH3 is 2. The lowest BCUT2D eigenvalue weighted by molar-refractivity contribution is -0.148. The van der Waals surface area contributed by atoms with E-state index in [1.165, 1.54) is 20.3 Å². The van der Waals surface area contributed by atoms with Gasteiger partial charge in [-0.1, -0.05) is 18.2 Å². The Bertz CT molecular complexity index is 1100. The Hall–Kier alpha value is -3.48. The van der Waals surface area contributed by atoms with Gasteiger partial charge in [-0.3, -0.25) is 0 Å². The topological polar surface area (TPSA) is 95.2 Å². The third kappa shape index (κ3) is 2.59. The van der Waals surface area contributed by atoms with Gasteiger partial charge in [0.25, 0.3) is 0 Å². The molecule has 0 fully saturated rings. The molecule has 3 aromatic rings. The summed E-state index contributed by atoms with van der Waals surface area (Å²) < 4.78 is 21.2. The monoisotopic (exact) mass is 368 g/mol. The maximum absolute atomic E-state index is 12.7. The molecule has 1 aromatic heterocycles.